The van der Waals surface area contributed by atoms with Crippen LogP contribution in [0.3, 0.4) is 0 Å². The standard InChI is InChI=1S/C28H37ClN2O3/c1-3-21-13-20(9-12-26(21)22-7-5-4-6-8-22)18-34-30-19(2)23-10-11-24(27(29)14-23)15-31-16-25(17-31)28(32)33/h9-12,14,21-22,25H,3-8,13,15-18H2,1-2H3,(H,32,33)/b30-19+. The van der Waals surface area contributed by atoms with Gasteiger partial charge in [0.05, 0.1) is 11.6 Å². The van der Waals surface area contributed by atoms with E-state index in [1.165, 1.54) is 44.1 Å². The second-order valence-corrected chi connectivity index (χ2v) is 10.5. The van der Waals surface area contributed by atoms with Crippen LogP contribution in [0, 0.1) is 17.8 Å². The molecule has 184 valence electrons. The number of carboxylic acid groups (broad SMARTS) is 1. The van der Waals surface area contributed by atoms with Crippen LogP contribution in [-0.4, -0.2) is 41.4 Å². The van der Waals surface area contributed by atoms with Gasteiger partial charge in [0.1, 0.15) is 6.61 Å². The van der Waals surface area contributed by atoms with Gasteiger partial charge in [-0.05, 0) is 61.6 Å². The van der Waals surface area contributed by atoms with Gasteiger partial charge in [-0.25, -0.2) is 0 Å². The topological polar surface area (TPSA) is 62.1 Å². The van der Waals surface area contributed by atoms with E-state index in [1.807, 2.05) is 25.1 Å². The number of halogens is 1. The van der Waals surface area contributed by atoms with E-state index in [-0.39, 0.29) is 5.92 Å². The summed E-state index contributed by atoms with van der Waals surface area (Å²) in [6.45, 7) is 6.57. The molecule has 1 aromatic carbocycles. The highest BCUT2D eigenvalue weighted by Crippen LogP contribution is 2.39. The summed E-state index contributed by atoms with van der Waals surface area (Å²) in [6.07, 6.45) is 13.7. The van der Waals surface area contributed by atoms with E-state index in [4.69, 9.17) is 21.5 Å². The van der Waals surface area contributed by atoms with Crippen molar-refractivity contribution in [3.05, 3.63) is 57.6 Å². The summed E-state index contributed by atoms with van der Waals surface area (Å²) in [5.74, 6) is 0.440. The minimum atomic E-state index is -0.723. The minimum absolute atomic E-state index is 0.259. The number of hydrogen-bond donors (Lipinski definition) is 1. The zero-order chi connectivity index (χ0) is 24.1. The summed E-state index contributed by atoms with van der Waals surface area (Å²) in [6, 6.07) is 5.92. The van der Waals surface area contributed by atoms with Crippen LogP contribution < -0.4 is 0 Å². The Hall–Kier alpha value is -2.11. The molecule has 0 bridgehead atoms. The van der Waals surface area contributed by atoms with Crippen LogP contribution in [0.25, 0.3) is 0 Å². The van der Waals surface area contributed by atoms with E-state index in [0.717, 1.165) is 29.2 Å². The molecule has 34 heavy (non-hydrogen) atoms. The first-order chi connectivity index (χ1) is 16.4. The average molecular weight is 485 g/mol. The summed E-state index contributed by atoms with van der Waals surface area (Å²) >= 11 is 6.51. The van der Waals surface area contributed by atoms with E-state index in [1.54, 1.807) is 5.57 Å². The van der Waals surface area contributed by atoms with Crippen LogP contribution in [0.4, 0.5) is 0 Å². The number of allylic oxidation sites excluding steroid dienone is 3. The maximum atomic E-state index is 11.0. The number of aliphatic carboxylic acids is 1. The lowest BCUT2D eigenvalue weighted by Gasteiger charge is -2.36. The largest absolute Gasteiger partial charge is 0.481 e. The number of hydrogen-bond acceptors (Lipinski definition) is 4. The monoisotopic (exact) mass is 484 g/mol. The molecule has 0 amide bonds. The van der Waals surface area contributed by atoms with Gasteiger partial charge in [-0.15, -0.1) is 0 Å². The Labute approximate surface area is 208 Å². The van der Waals surface area contributed by atoms with Crippen molar-refractivity contribution < 1.29 is 14.7 Å². The Balaban J connectivity index is 1.31. The van der Waals surface area contributed by atoms with Gasteiger partial charge in [-0.3, -0.25) is 9.69 Å². The van der Waals surface area contributed by atoms with E-state index < -0.39 is 5.97 Å². The van der Waals surface area contributed by atoms with Crippen molar-refractivity contribution >= 4 is 23.3 Å². The molecule has 2 fully saturated rings. The van der Waals surface area contributed by atoms with Crippen LogP contribution in [-0.2, 0) is 16.2 Å². The van der Waals surface area contributed by atoms with Gasteiger partial charge in [-0.2, -0.15) is 0 Å². The molecule has 1 aromatic rings. The second-order valence-electron chi connectivity index (χ2n) is 10.1. The SMILES string of the molecule is CCC1CC(CO/N=C(\C)c2ccc(CN3CC(C(=O)O)C3)c(Cl)c2)=CC=C1C1CCCCC1. The number of benzene rings is 1. The summed E-state index contributed by atoms with van der Waals surface area (Å²) in [7, 11) is 0. The van der Waals surface area contributed by atoms with Gasteiger partial charge < -0.3 is 9.94 Å². The van der Waals surface area contributed by atoms with Gasteiger partial charge in [0.2, 0.25) is 0 Å². The molecule has 2 aliphatic carbocycles. The van der Waals surface area contributed by atoms with Crippen molar-refractivity contribution in [3.8, 4) is 0 Å². The van der Waals surface area contributed by atoms with Gasteiger partial charge in [-0.1, -0.05) is 72.8 Å². The molecule has 3 aliphatic rings. The minimum Gasteiger partial charge on any atom is -0.481 e. The molecule has 1 aliphatic heterocycles. The van der Waals surface area contributed by atoms with Crippen LogP contribution in [0.15, 0.2) is 46.7 Å². The third kappa shape index (κ3) is 6.11. The summed E-state index contributed by atoms with van der Waals surface area (Å²) in [5, 5.41) is 14.1. The number of oxime groups is 1. The lowest BCUT2D eigenvalue weighted by molar-refractivity contribution is -0.147. The van der Waals surface area contributed by atoms with Crippen LogP contribution in [0.1, 0.15) is 69.9 Å². The molecule has 1 heterocycles. The Morgan fingerprint density at radius 3 is 2.65 bits per heavy atom. The van der Waals surface area contributed by atoms with Crippen molar-refractivity contribution in [2.24, 2.45) is 22.9 Å². The van der Waals surface area contributed by atoms with E-state index in [0.29, 0.717) is 37.2 Å². The molecule has 1 saturated carbocycles. The Morgan fingerprint density at radius 2 is 1.97 bits per heavy atom. The molecule has 1 atom stereocenters. The predicted octanol–water partition coefficient (Wildman–Crippen LogP) is 6.46. The van der Waals surface area contributed by atoms with Gasteiger partial charge in [0.25, 0.3) is 0 Å². The normalized spacial score (nSPS) is 22.7. The second kappa shape index (κ2) is 11.5. The highest BCUT2D eigenvalue weighted by molar-refractivity contribution is 6.31. The van der Waals surface area contributed by atoms with E-state index in [9.17, 15) is 4.79 Å². The Kier molecular flexibility index (Phi) is 8.49. The maximum Gasteiger partial charge on any atom is 0.309 e. The smallest absolute Gasteiger partial charge is 0.309 e. The number of carbonyl (C=O) groups is 1. The molecule has 4 rings (SSSR count). The highest BCUT2D eigenvalue weighted by Gasteiger charge is 2.32. The fourth-order valence-electron chi connectivity index (χ4n) is 5.51. The van der Waals surface area contributed by atoms with Gasteiger partial charge >= 0.3 is 5.97 Å². The van der Waals surface area contributed by atoms with Crippen LogP contribution in [0.5, 0.6) is 0 Å². The molecule has 1 unspecified atom stereocenters. The third-order valence-electron chi connectivity index (χ3n) is 7.68. The number of nitrogens with zero attached hydrogens (tertiary/aromatic N) is 2. The van der Waals surface area contributed by atoms with E-state index in [2.05, 4.69) is 29.1 Å². The number of rotatable bonds is 9. The number of likely N-dealkylation sites (tertiary alicyclic amines) is 1. The lowest BCUT2D eigenvalue weighted by atomic mass is 9.74. The molecule has 1 saturated heterocycles. The molecule has 1 N–H and O–H groups in total. The van der Waals surface area contributed by atoms with Gasteiger partial charge in [0, 0.05) is 30.2 Å². The van der Waals surface area contributed by atoms with E-state index >= 15 is 0 Å². The van der Waals surface area contributed by atoms with Crippen LogP contribution in [0.2, 0.25) is 5.02 Å². The molecular weight excluding hydrogens is 448 g/mol. The quantitative estimate of drug-likeness (QED) is 0.322. The van der Waals surface area contributed by atoms with Crippen LogP contribution >= 0.6 is 11.6 Å². The predicted molar refractivity (Wildman–Crippen MR) is 137 cm³/mol. The molecule has 0 aromatic heterocycles. The number of carboxylic acids is 1. The van der Waals surface area contributed by atoms with Crippen molar-refractivity contribution in [3.63, 3.8) is 0 Å². The molecule has 0 spiro atoms. The maximum absolute atomic E-state index is 11.0. The fraction of sp³-hybridized carbons (Fsp3) is 0.571. The first kappa shape index (κ1) is 25.0. The molecular formula is C28H37ClN2O3. The molecule has 5 nitrogen and oxygen atoms in total. The van der Waals surface area contributed by atoms with Crippen molar-refractivity contribution in [1.82, 2.24) is 4.90 Å². The molecule has 6 heteroatoms. The van der Waals surface area contributed by atoms with Gasteiger partial charge in [0.15, 0.2) is 0 Å². The highest BCUT2D eigenvalue weighted by atomic mass is 35.5. The lowest BCUT2D eigenvalue weighted by Crippen LogP contribution is -2.49. The Morgan fingerprint density at radius 1 is 1.21 bits per heavy atom. The van der Waals surface area contributed by atoms with Crippen molar-refractivity contribution in [2.75, 3.05) is 19.7 Å². The summed E-state index contributed by atoms with van der Waals surface area (Å²) < 4.78 is 0. The zero-order valence-corrected chi connectivity index (χ0v) is 21.2. The fourth-order valence-corrected chi connectivity index (χ4v) is 5.75. The average Bonchev–Trinajstić information content (AvgIpc) is 2.82. The first-order valence-electron chi connectivity index (χ1n) is 12.7. The molecule has 0 radical (unpaired) electrons. The van der Waals surface area contributed by atoms with Crippen molar-refractivity contribution in [2.45, 2.75) is 65.3 Å². The zero-order valence-electron chi connectivity index (χ0n) is 20.4. The van der Waals surface area contributed by atoms with Crippen molar-refractivity contribution in [1.29, 1.82) is 0 Å². The summed E-state index contributed by atoms with van der Waals surface area (Å²) in [5.41, 5.74) is 5.71. The summed E-state index contributed by atoms with van der Waals surface area (Å²) in [4.78, 5) is 18.8. The Bertz CT molecular complexity index is 972. The third-order valence-corrected chi connectivity index (χ3v) is 8.04. The first-order valence-corrected chi connectivity index (χ1v) is 13.1.